The summed E-state index contributed by atoms with van der Waals surface area (Å²) in [4.78, 5) is 26.4. The van der Waals surface area contributed by atoms with Crippen molar-refractivity contribution in [2.45, 2.75) is 38.5 Å². The molecular weight excluding hydrogens is 330 g/mol. The van der Waals surface area contributed by atoms with Crippen molar-refractivity contribution >= 4 is 22.8 Å². The lowest BCUT2D eigenvalue weighted by Crippen LogP contribution is -2.45. The standard InChI is InChI=1S/C21H23NO4/c1-21(2,3)26-20(24)22-17(11-12-18(22)19(23)25-4)16-10-9-14-7-5-6-8-15(14)13-16/h5-13,17-18H,1-4H3/t17-,18+/m1/s1. The third-order valence-electron chi connectivity index (χ3n) is 4.24. The molecule has 0 aliphatic carbocycles. The van der Waals surface area contributed by atoms with Gasteiger partial charge in [-0.2, -0.15) is 0 Å². The molecule has 0 aromatic heterocycles. The van der Waals surface area contributed by atoms with Crippen molar-refractivity contribution < 1.29 is 19.1 Å². The fourth-order valence-electron chi connectivity index (χ4n) is 3.09. The number of nitrogens with zero attached hydrogens (tertiary/aromatic N) is 1. The highest BCUT2D eigenvalue weighted by molar-refractivity contribution is 5.86. The molecule has 1 aliphatic heterocycles. The predicted molar refractivity (Wildman–Crippen MR) is 99.7 cm³/mol. The Morgan fingerprint density at radius 2 is 1.69 bits per heavy atom. The van der Waals surface area contributed by atoms with Crippen LogP contribution in [0, 0.1) is 0 Å². The van der Waals surface area contributed by atoms with Crippen LogP contribution in [0.4, 0.5) is 4.79 Å². The fraction of sp³-hybridized carbons (Fsp3) is 0.333. The molecule has 0 N–H and O–H groups in total. The number of carbonyl (C=O) groups excluding carboxylic acids is 2. The Kier molecular flexibility index (Phi) is 4.72. The SMILES string of the molecule is COC(=O)[C@@H]1C=C[C@H](c2ccc3ccccc3c2)N1C(=O)OC(C)(C)C. The zero-order valence-electron chi connectivity index (χ0n) is 15.4. The first-order valence-corrected chi connectivity index (χ1v) is 8.56. The number of ether oxygens (including phenoxy) is 2. The zero-order chi connectivity index (χ0) is 18.9. The quantitative estimate of drug-likeness (QED) is 0.599. The van der Waals surface area contributed by atoms with E-state index >= 15 is 0 Å². The molecule has 0 saturated carbocycles. The van der Waals surface area contributed by atoms with Crippen molar-refractivity contribution in [3.63, 3.8) is 0 Å². The second-order valence-electron chi connectivity index (χ2n) is 7.29. The van der Waals surface area contributed by atoms with Gasteiger partial charge in [-0.05, 0) is 43.2 Å². The van der Waals surface area contributed by atoms with Gasteiger partial charge in [0.25, 0.3) is 0 Å². The Labute approximate surface area is 153 Å². The molecule has 0 unspecified atom stereocenters. The second kappa shape index (κ2) is 6.83. The van der Waals surface area contributed by atoms with Crippen LogP contribution in [-0.2, 0) is 14.3 Å². The van der Waals surface area contributed by atoms with Crippen LogP contribution in [0.25, 0.3) is 10.8 Å². The average molecular weight is 353 g/mol. The van der Waals surface area contributed by atoms with Gasteiger partial charge in [0.2, 0.25) is 0 Å². The number of esters is 1. The van der Waals surface area contributed by atoms with Gasteiger partial charge in [0.15, 0.2) is 6.04 Å². The molecular formula is C21H23NO4. The highest BCUT2D eigenvalue weighted by atomic mass is 16.6. The lowest BCUT2D eigenvalue weighted by molar-refractivity contribution is -0.145. The summed E-state index contributed by atoms with van der Waals surface area (Å²) in [5, 5.41) is 2.19. The summed E-state index contributed by atoms with van der Waals surface area (Å²) in [6.45, 7) is 5.39. The highest BCUT2D eigenvalue weighted by Crippen LogP contribution is 2.34. The molecule has 2 aromatic carbocycles. The van der Waals surface area contributed by atoms with E-state index in [9.17, 15) is 9.59 Å². The molecule has 0 saturated heterocycles. The third kappa shape index (κ3) is 3.57. The van der Waals surface area contributed by atoms with Gasteiger partial charge in [-0.3, -0.25) is 4.90 Å². The van der Waals surface area contributed by atoms with E-state index in [0.29, 0.717) is 0 Å². The smallest absolute Gasteiger partial charge is 0.412 e. The van der Waals surface area contributed by atoms with E-state index in [1.165, 1.54) is 12.0 Å². The van der Waals surface area contributed by atoms with Crippen LogP contribution in [0.3, 0.4) is 0 Å². The number of benzene rings is 2. The summed E-state index contributed by atoms with van der Waals surface area (Å²) in [5.41, 5.74) is 0.256. The predicted octanol–water partition coefficient (Wildman–Crippen LogP) is 4.23. The van der Waals surface area contributed by atoms with E-state index in [-0.39, 0.29) is 0 Å². The van der Waals surface area contributed by atoms with Crippen molar-refractivity contribution in [1.29, 1.82) is 0 Å². The summed E-state index contributed by atoms with van der Waals surface area (Å²) in [6, 6.07) is 12.8. The number of hydrogen-bond donors (Lipinski definition) is 0. The molecule has 1 heterocycles. The minimum atomic E-state index is -0.800. The van der Waals surface area contributed by atoms with Gasteiger partial charge in [0.05, 0.1) is 13.2 Å². The van der Waals surface area contributed by atoms with Crippen molar-refractivity contribution in [2.75, 3.05) is 7.11 Å². The number of rotatable bonds is 2. The first kappa shape index (κ1) is 18.0. The molecule has 2 aromatic rings. The van der Waals surface area contributed by atoms with Crippen molar-refractivity contribution in [2.24, 2.45) is 0 Å². The maximum absolute atomic E-state index is 12.8. The topological polar surface area (TPSA) is 55.8 Å². The minimum absolute atomic E-state index is 0.390. The van der Waals surface area contributed by atoms with E-state index in [0.717, 1.165) is 16.3 Å². The van der Waals surface area contributed by atoms with Crippen LogP contribution in [-0.4, -0.2) is 35.7 Å². The first-order valence-electron chi connectivity index (χ1n) is 8.56. The fourth-order valence-corrected chi connectivity index (χ4v) is 3.09. The van der Waals surface area contributed by atoms with Crippen LogP contribution < -0.4 is 0 Å². The Morgan fingerprint density at radius 1 is 1.00 bits per heavy atom. The van der Waals surface area contributed by atoms with Gasteiger partial charge < -0.3 is 9.47 Å². The Balaban J connectivity index is 1.98. The Bertz CT molecular complexity index is 866. The lowest BCUT2D eigenvalue weighted by Gasteiger charge is -2.32. The van der Waals surface area contributed by atoms with E-state index in [1.54, 1.807) is 26.8 Å². The van der Waals surface area contributed by atoms with Gasteiger partial charge in [-0.1, -0.05) is 48.6 Å². The Morgan fingerprint density at radius 3 is 2.35 bits per heavy atom. The van der Waals surface area contributed by atoms with Crippen LogP contribution in [0.1, 0.15) is 32.4 Å². The first-order chi connectivity index (χ1) is 12.3. The molecule has 26 heavy (non-hydrogen) atoms. The Hall–Kier alpha value is -2.82. The van der Waals surface area contributed by atoms with Gasteiger partial charge in [-0.15, -0.1) is 0 Å². The van der Waals surface area contributed by atoms with Crippen LogP contribution in [0.5, 0.6) is 0 Å². The van der Waals surface area contributed by atoms with Crippen molar-refractivity contribution in [1.82, 2.24) is 4.90 Å². The summed E-state index contributed by atoms with van der Waals surface area (Å²) in [7, 11) is 1.31. The van der Waals surface area contributed by atoms with Crippen molar-refractivity contribution in [3.05, 3.63) is 60.2 Å². The minimum Gasteiger partial charge on any atom is -0.467 e. The van der Waals surface area contributed by atoms with Crippen LogP contribution in [0.15, 0.2) is 54.6 Å². The lowest BCUT2D eigenvalue weighted by atomic mass is 10.0. The van der Waals surface area contributed by atoms with Crippen LogP contribution >= 0.6 is 0 Å². The molecule has 0 bridgehead atoms. The molecule has 5 nitrogen and oxygen atoms in total. The summed E-state index contributed by atoms with van der Waals surface area (Å²) >= 11 is 0. The van der Waals surface area contributed by atoms with E-state index < -0.39 is 29.7 Å². The molecule has 0 radical (unpaired) electrons. The summed E-state index contributed by atoms with van der Waals surface area (Å²) < 4.78 is 10.4. The number of methoxy groups -OCH3 is 1. The van der Waals surface area contributed by atoms with Gasteiger partial charge in [0.1, 0.15) is 5.60 Å². The molecule has 3 rings (SSSR count). The van der Waals surface area contributed by atoms with E-state index in [1.807, 2.05) is 48.5 Å². The number of fused-ring (bicyclic) bond motifs is 1. The number of amides is 1. The zero-order valence-corrected chi connectivity index (χ0v) is 15.4. The molecule has 1 amide bonds. The van der Waals surface area contributed by atoms with E-state index in [2.05, 4.69) is 0 Å². The van der Waals surface area contributed by atoms with E-state index in [4.69, 9.17) is 9.47 Å². The van der Waals surface area contributed by atoms with Gasteiger partial charge in [-0.25, -0.2) is 9.59 Å². The van der Waals surface area contributed by atoms with Crippen LogP contribution in [0.2, 0.25) is 0 Å². The van der Waals surface area contributed by atoms with Gasteiger partial charge >= 0.3 is 12.1 Å². The van der Waals surface area contributed by atoms with Gasteiger partial charge in [0, 0.05) is 0 Å². The average Bonchev–Trinajstić information content (AvgIpc) is 3.04. The molecule has 5 heteroatoms. The third-order valence-corrected chi connectivity index (χ3v) is 4.24. The maximum Gasteiger partial charge on any atom is 0.412 e. The number of hydrogen-bond acceptors (Lipinski definition) is 4. The summed E-state index contributed by atoms with van der Waals surface area (Å²) in [6.07, 6.45) is 2.99. The molecule has 1 aliphatic rings. The number of carbonyl (C=O) groups is 2. The van der Waals surface area contributed by atoms with Crippen molar-refractivity contribution in [3.8, 4) is 0 Å². The molecule has 0 spiro atoms. The second-order valence-corrected chi connectivity index (χ2v) is 7.29. The monoisotopic (exact) mass is 353 g/mol. The summed E-state index contributed by atoms with van der Waals surface area (Å²) in [5.74, 6) is -0.490. The molecule has 0 fully saturated rings. The molecule has 2 atom stereocenters. The highest BCUT2D eigenvalue weighted by Gasteiger charge is 2.40. The maximum atomic E-state index is 12.8. The normalized spacial score (nSPS) is 19.6. The largest absolute Gasteiger partial charge is 0.467 e. The molecule has 136 valence electrons.